The third kappa shape index (κ3) is 4.50. The maximum absolute atomic E-state index is 12.3. The number of furan rings is 1. The Kier molecular flexibility index (Phi) is 5.64. The number of nitrogens with one attached hydrogen (secondary N) is 1. The van der Waals surface area contributed by atoms with Crippen LogP contribution in [0.15, 0.2) is 69.5 Å². The van der Waals surface area contributed by atoms with Crippen molar-refractivity contribution in [3.05, 3.63) is 87.6 Å². The molecule has 1 N–H and O–H groups in total. The van der Waals surface area contributed by atoms with Gasteiger partial charge in [-0.2, -0.15) is 5.10 Å². The molecule has 0 aliphatic rings. The highest BCUT2D eigenvalue weighted by molar-refractivity contribution is 7.17. The molecule has 2 aromatic carbocycles. The zero-order chi connectivity index (χ0) is 20.2. The van der Waals surface area contributed by atoms with Gasteiger partial charge in [0.05, 0.1) is 11.8 Å². The van der Waals surface area contributed by atoms with E-state index >= 15 is 0 Å². The van der Waals surface area contributed by atoms with Gasteiger partial charge in [-0.05, 0) is 48.9 Å². The number of carbonyl (C=O) groups is 1. The van der Waals surface area contributed by atoms with Crippen molar-refractivity contribution in [2.45, 2.75) is 13.5 Å². The molecule has 0 spiro atoms. The first-order valence-corrected chi connectivity index (χ1v) is 10.1. The zero-order valence-electron chi connectivity index (χ0n) is 15.5. The Labute approximate surface area is 176 Å². The molecule has 5 nitrogen and oxygen atoms in total. The first-order valence-electron chi connectivity index (χ1n) is 8.87. The summed E-state index contributed by atoms with van der Waals surface area (Å²) in [6.07, 6.45) is 1.46. The Balaban J connectivity index is 1.34. The van der Waals surface area contributed by atoms with E-state index in [4.69, 9.17) is 20.8 Å². The van der Waals surface area contributed by atoms with Gasteiger partial charge in [-0.3, -0.25) is 4.79 Å². The van der Waals surface area contributed by atoms with E-state index in [-0.39, 0.29) is 12.5 Å². The number of hydrogen-bond acceptors (Lipinski definition) is 5. The van der Waals surface area contributed by atoms with Gasteiger partial charge in [0.25, 0.3) is 5.91 Å². The molecule has 0 unspecified atom stereocenters. The predicted molar refractivity (Wildman–Crippen MR) is 116 cm³/mol. The second-order valence-electron chi connectivity index (χ2n) is 6.35. The van der Waals surface area contributed by atoms with Crippen molar-refractivity contribution in [1.29, 1.82) is 0 Å². The first kappa shape index (κ1) is 19.2. The minimum absolute atomic E-state index is 0.257. The molecule has 1 amide bonds. The van der Waals surface area contributed by atoms with Crippen molar-refractivity contribution in [2.24, 2.45) is 5.10 Å². The Hall–Kier alpha value is -3.09. The molecular weight excluding hydrogens is 408 g/mol. The number of benzene rings is 2. The Morgan fingerprint density at radius 2 is 2.10 bits per heavy atom. The van der Waals surface area contributed by atoms with Gasteiger partial charge in [-0.25, -0.2) is 5.43 Å². The minimum Gasteiger partial charge on any atom is -0.486 e. The summed E-state index contributed by atoms with van der Waals surface area (Å²) in [5.74, 6) is 1.63. The predicted octanol–water partition coefficient (Wildman–Crippen LogP) is 5.80. The molecule has 0 aliphatic heterocycles. The molecule has 29 heavy (non-hydrogen) atoms. The van der Waals surface area contributed by atoms with E-state index in [9.17, 15) is 4.79 Å². The molecule has 0 saturated carbocycles. The molecular formula is C22H17ClN2O3S. The molecule has 146 valence electrons. The molecule has 7 heteroatoms. The van der Waals surface area contributed by atoms with Gasteiger partial charge in [0.15, 0.2) is 0 Å². The Morgan fingerprint density at radius 3 is 2.97 bits per heavy atom. The van der Waals surface area contributed by atoms with Crippen LogP contribution in [0.2, 0.25) is 5.02 Å². The van der Waals surface area contributed by atoms with Crippen LogP contribution >= 0.6 is 22.9 Å². The highest BCUT2D eigenvalue weighted by atomic mass is 35.5. The van der Waals surface area contributed by atoms with Gasteiger partial charge in [0.2, 0.25) is 0 Å². The number of ether oxygens (including phenoxy) is 1. The number of nitrogens with zero attached hydrogens (tertiary/aromatic N) is 1. The van der Waals surface area contributed by atoms with Crippen molar-refractivity contribution in [1.82, 2.24) is 5.43 Å². The van der Waals surface area contributed by atoms with Crippen LogP contribution in [0.1, 0.15) is 27.4 Å². The third-order valence-electron chi connectivity index (χ3n) is 4.28. The summed E-state index contributed by atoms with van der Waals surface area (Å²) in [6, 6.07) is 16.8. The van der Waals surface area contributed by atoms with E-state index in [1.807, 2.05) is 48.7 Å². The second kappa shape index (κ2) is 8.51. The summed E-state index contributed by atoms with van der Waals surface area (Å²) < 4.78 is 12.4. The van der Waals surface area contributed by atoms with Crippen LogP contribution in [-0.4, -0.2) is 12.1 Å². The highest BCUT2D eigenvalue weighted by Crippen LogP contribution is 2.25. The lowest BCUT2D eigenvalue weighted by molar-refractivity contribution is 0.0957. The summed E-state index contributed by atoms with van der Waals surface area (Å²) >= 11 is 7.54. The Morgan fingerprint density at radius 1 is 1.24 bits per heavy atom. The number of amides is 1. The van der Waals surface area contributed by atoms with E-state index in [2.05, 4.69) is 10.5 Å². The average Bonchev–Trinajstić information content (AvgIpc) is 3.36. The third-order valence-corrected chi connectivity index (χ3v) is 5.66. The first-order chi connectivity index (χ1) is 14.1. The lowest BCUT2D eigenvalue weighted by Gasteiger charge is -2.05. The standard InChI is InChI=1S/C22H17ClN2O3S/c1-14-10-15(8-9-20(14)23)27-12-17-7-6-16(28-17)11-24-25-22(26)19-13-29-21-5-3-2-4-18(19)21/h2-11,13H,12H2,1H3,(H,25,26)/b24-11-. The number of halogens is 1. The van der Waals surface area contributed by atoms with Crippen molar-refractivity contribution >= 4 is 45.1 Å². The maximum atomic E-state index is 12.3. The lowest BCUT2D eigenvalue weighted by Crippen LogP contribution is -2.17. The largest absolute Gasteiger partial charge is 0.486 e. The number of hydrazone groups is 1. The fourth-order valence-corrected chi connectivity index (χ4v) is 3.83. The second-order valence-corrected chi connectivity index (χ2v) is 7.67. The smallest absolute Gasteiger partial charge is 0.272 e. The number of aryl methyl sites for hydroxylation is 1. The van der Waals surface area contributed by atoms with Crippen LogP contribution in [0.4, 0.5) is 0 Å². The number of carbonyl (C=O) groups excluding carboxylic acids is 1. The molecule has 0 fully saturated rings. The molecule has 4 rings (SSSR count). The number of thiophene rings is 1. The van der Waals surface area contributed by atoms with E-state index in [0.717, 1.165) is 15.6 Å². The van der Waals surface area contributed by atoms with Crippen molar-refractivity contribution < 1.29 is 13.9 Å². The average molecular weight is 425 g/mol. The lowest BCUT2D eigenvalue weighted by atomic mass is 10.2. The SMILES string of the molecule is Cc1cc(OCc2ccc(/C=N\NC(=O)c3csc4ccccc34)o2)ccc1Cl. The number of hydrogen-bond donors (Lipinski definition) is 1. The van der Waals surface area contributed by atoms with E-state index in [1.165, 1.54) is 17.6 Å². The van der Waals surface area contributed by atoms with Gasteiger partial charge in [0.1, 0.15) is 23.9 Å². The van der Waals surface area contributed by atoms with Crippen LogP contribution in [0.25, 0.3) is 10.1 Å². The zero-order valence-corrected chi connectivity index (χ0v) is 17.1. The molecule has 4 aromatic rings. The maximum Gasteiger partial charge on any atom is 0.272 e. The van der Waals surface area contributed by atoms with E-state index in [1.54, 1.807) is 18.2 Å². The molecule has 0 radical (unpaired) electrons. The number of rotatable bonds is 6. The summed E-state index contributed by atoms with van der Waals surface area (Å²) in [5, 5.41) is 7.43. The summed E-state index contributed by atoms with van der Waals surface area (Å²) in [7, 11) is 0. The Bertz CT molecular complexity index is 1200. The summed E-state index contributed by atoms with van der Waals surface area (Å²) in [5.41, 5.74) is 4.09. The van der Waals surface area contributed by atoms with Crippen LogP contribution < -0.4 is 10.2 Å². The molecule has 2 aromatic heterocycles. The van der Waals surface area contributed by atoms with Gasteiger partial charge < -0.3 is 9.15 Å². The van der Waals surface area contributed by atoms with E-state index in [0.29, 0.717) is 27.9 Å². The van der Waals surface area contributed by atoms with Crippen molar-refractivity contribution in [2.75, 3.05) is 0 Å². The summed E-state index contributed by atoms with van der Waals surface area (Å²) in [6.45, 7) is 2.20. The molecule has 0 atom stereocenters. The van der Waals surface area contributed by atoms with E-state index < -0.39 is 0 Å². The van der Waals surface area contributed by atoms with Crippen molar-refractivity contribution in [3.63, 3.8) is 0 Å². The van der Waals surface area contributed by atoms with Crippen LogP contribution in [0, 0.1) is 6.92 Å². The van der Waals surface area contributed by atoms with Crippen LogP contribution in [0.5, 0.6) is 5.75 Å². The van der Waals surface area contributed by atoms with Gasteiger partial charge in [0, 0.05) is 20.5 Å². The molecule has 0 saturated heterocycles. The van der Waals surface area contributed by atoms with Gasteiger partial charge in [-0.15, -0.1) is 11.3 Å². The fraction of sp³-hybridized carbons (Fsp3) is 0.0909. The molecule has 2 heterocycles. The fourth-order valence-electron chi connectivity index (χ4n) is 2.77. The quantitative estimate of drug-likeness (QED) is 0.314. The van der Waals surface area contributed by atoms with Crippen LogP contribution in [-0.2, 0) is 6.61 Å². The monoisotopic (exact) mass is 424 g/mol. The summed E-state index contributed by atoms with van der Waals surface area (Å²) in [4.78, 5) is 12.3. The minimum atomic E-state index is -0.257. The number of fused-ring (bicyclic) bond motifs is 1. The van der Waals surface area contributed by atoms with Gasteiger partial charge >= 0.3 is 0 Å². The molecule has 0 aliphatic carbocycles. The van der Waals surface area contributed by atoms with Crippen molar-refractivity contribution in [3.8, 4) is 5.75 Å². The highest BCUT2D eigenvalue weighted by Gasteiger charge is 2.11. The normalized spacial score (nSPS) is 11.2. The topological polar surface area (TPSA) is 63.8 Å². The van der Waals surface area contributed by atoms with Crippen LogP contribution in [0.3, 0.4) is 0 Å². The molecule has 0 bridgehead atoms. The van der Waals surface area contributed by atoms with Gasteiger partial charge in [-0.1, -0.05) is 29.8 Å².